The molecule has 1 aromatic rings. The topological polar surface area (TPSA) is 59.2 Å². The number of pyridine rings is 1. The van der Waals surface area contributed by atoms with Crippen molar-refractivity contribution in [3.05, 3.63) is 24.5 Å². The van der Waals surface area contributed by atoms with Gasteiger partial charge in [-0.1, -0.05) is 19.8 Å². The second kappa shape index (κ2) is 5.06. The number of anilines is 1. The van der Waals surface area contributed by atoms with Crippen LogP contribution in [0.25, 0.3) is 0 Å². The number of hydrogen-bond donors (Lipinski definition) is 1. The van der Waals surface area contributed by atoms with Crippen LogP contribution in [0.2, 0.25) is 0 Å². The summed E-state index contributed by atoms with van der Waals surface area (Å²) in [5.74, 6) is 0.541. The van der Waals surface area contributed by atoms with Crippen LogP contribution in [0.1, 0.15) is 32.6 Å². The molecule has 1 fully saturated rings. The van der Waals surface area contributed by atoms with Crippen LogP contribution in [0, 0.1) is 5.92 Å². The Bertz CT molecular complexity index is 420. The zero-order valence-electron chi connectivity index (χ0n) is 11.1. The predicted octanol–water partition coefficient (Wildman–Crippen LogP) is 1.95. The molecular weight excluding hydrogens is 226 g/mol. The third-order valence-electron chi connectivity index (χ3n) is 3.81. The van der Waals surface area contributed by atoms with Crippen molar-refractivity contribution in [1.82, 2.24) is 4.98 Å². The molecule has 0 saturated heterocycles. The molecule has 0 bridgehead atoms. The Balaban J connectivity index is 2.15. The summed E-state index contributed by atoms with van der Waals surface area (Å²) in [6.45, 7) is 2.17. The van der Waals surface area contributed by atoms with E-state index in [4.69, 9.17) is 5.73 Å². The van der Waals surface area contributed by atoms with E-state index >= 15 is 0 Å². The Morgan fingerprint density at radius 2 is 2.17 bits per heavy atom. The van der Waals surface area contributed by atoms with Gasteiger partial charge in [-0.05, 0) is 30.9 Å². The zero-order chi connectivity index (χ0) is 13.2. The fourth-order valence-electron chi connectivity index (χ4n) is 2.81. The maximum atomic E-state index is 12.5. The van der Waals surface area contributed by atoms with E-state index < -0.39 is 5.54 Å². The quantitative estimate of drug-likeness (QED) is 0.869. The summed E-state index contributed by atoms with van der Waals surface area (Å²) in [6, 6.07) is 3.65. The molecule has 0 radical (unpaired) electrons. The number of carbonyl (C=O) groups excluding carboxylic acids is 1. The Hall–Kier alpha value is -1.42. The second-order valence-corrected chi connectivity index (χ2v) is 5.43. The van der Waals surface area contributed by atoms with Crippen molar-refractivity contribution < 1.29 is 4.79 Å². The predicted molar refractivity (Wildman–Crippen MR) is 72.2 cm³/mol. The van der Waals surface area contributed by atoms with Crippen LogP contribution < -0.4 is 10.6 Å². The molecule has 18 heavy (non-hydrogen) atoms. The van der Waals surface area contributed by atoms with Gasteiger partial charge in [0.05, 0.1) is 5.54 Å². The lowest BCUT2D eigenvalue weighted by Gasteiger charge is -2.38. The number of nitrogens with two attached hydrogens (primary N) is 1. The summed E-state index contributed by atoms with van der Waals surface area (Å²) in [4.78, 5) is 18.2. The molecule has 2 N–H and O–H groups in total. The average Bonchev–Trinajstić information content (AvgIpc) is 2.38. The average molecular weight is 247 g/mol. The molecule has 0 aromatic carbocycles. The Labute approximate surface area is 108 Å². The summed E-state index contributed by atoms with van der Waals surface area (Å²) in [6.07, 6.45) is 7.14. The number of amides is 1. The summed E-state index contributed by atoms with van der Waals surface area (Å²) in [5, 5.41) is 0. The molecule has 1 saturated carbocycles. The molecule has 1 aromatic heterocycles. The highest BCUT2D eigenvalue weighted by molar-refractivity contribution is 5.99. The maximum Gasteiger partial charge on any atom is 0.246 e. The van der Waals surface area contributed by atoms with Crippen molar-refractivity contribution in [1.29, 1.82) is 0 Å². The van der Waals surface area contributed by atoms with Gasteiger partial charge in [0.25, 0.3) is 0 Å². The van der Waals surface area contributed by atoms with E-state index in [-0.39, 0.29) is 5.91 Å². The highest BCUT2D eigenvalue weighted by Crippen LogP contribution is 2.32. The van der Waals surface area contributed by atoms with Crippen LogP contribution in [0.4, 0.5) is 5.69 Å². The molecule has 2 unspecified atom stereocenters. The monoisotopic (exact) mass is 247 g/mol. The molecule has 0 spiro atoms. The van der Waals surface area contributed by atoms with Gasteiger partial charge in [0.2, 0.25) is 5.91 Å². The lowest BCUT2D eigenvalue weighted by molar-refractivity contribution is -0.125. The van der Waals surface area contributed by atoms with Gasteiger partial charge in [-0.3, -0.25) is 9.78 Å². The lowest BCUT2D eigenvalue weighted by Crippen LogP contribution is -2.56. The lowest BCUT2D eigenvalue weighted by atomic mass is 9.76. The van der Waals surface area contributed by atoms with Crippen LogP contribution in [0.5, 0.6) is 0 Å². The molecular formula is C14H21N3O. The second-order valence-electron chi connectivity index (χ2n) is 5.43. The molecule has 4 nitrogen and oxygen atoms in total. The third-order valence-corrected chi connectivity index (χ3v) is 3.81. The fourth-order valence-corrected chi connectivity index (χ4v) is 2.81. The number of carbonyl (C=O) groups is 1. The molecule has 98 valence electrons. The summed E-state index contributed by atoms with van der Waals surface area (Å²) in [5.41, 5.74) is 6.47. The van der Waals surface area contributed by atoms with E-state index in [1.165, 1.54) is 6.42 Å². The van der Waals surface area contributed by atoms with Gasteiger partial charge in [0.1, 0.15) is 0 Å². The van der Waals surface area contributed by atoms with Crippen molar-refractivity contribution in [3.63, 3.8) is 0 Å². The first kappa shape index (κ1) is 13.0. The van der Waals surface area contributed by atoms with E-state index in [1.807, 2.05) is 12.1 Å². The van der Waals surface area contributed by atoms with Crippen LogP contribution >= 0.6 is 0 Å². The Morgan fingerprint density at radius 1 is 1.50 bits per heavy atom. The number of rotatable bonds is 2. The zero-order valence-corrected chi connectivity index (χ0v) is 11.1. The first-order chi connectivity index (χ1) is 8.53. The molecule has 1 aliphatic carbocycles. The Kier molecular flexibility index (Phi) is 3.66. The van der Waals surface area contributed by atoms with Crippen molar-refractivity contribution in [2.75, 3.05) is 11.9 Å². The van der Waals surface area contributed by atoms with Crippen LogP contribution in [0.15, 0.2) is 24.5 Å². The van der Waals surface area contributed by atoms with Crippen molar-refractivity contribution >= 4 is 11.6 Å². The van der Waals surface area contributed by atoms with E-state index in [2.05, 4.69) is 11.9 Å². The van der Waals surface area contributed by atoms with Crippen LogP contribution in [-0.4, -0.2) is 23.5 Å². The highest BCUT2D eigenvalue weighted by Gasteiger charge is 2.39. The molecule has 1 aliphatic rings. The van der Waals surface area contributed by atoms with Crippen molar-refractivity contribution in [3.8, 4) is 0 Å². The highest BCUT2D eigenvalue weighted by atomic mass is 16.2. The first-order valence-corrected chi connectivity index (χ1v) is 6.50. The van der Waals surface area contributed by atoms with Crippen LogP contribution in [-0.2, 0) is 4.79 Å². The van der Waals surface area contributed by atoms with Crippen molar-refractivity contribution in [2.24, 2.45) is 11.7 Å². The molecule has 2 rings (SSSR count). The summed E-state index contributed by atoms with van der Waals surface area (Å²) >= 11 is 0. The van der Waals surface area contributed by atoms with Gasteiger partial charge >= 0.3 is 0 Å². The summed E-state index contributed by atoms with van der Waals surface area (Å²) in [7, 11) is 1.78. The number of nitrogens with zero attached hydrogens (tertiary/aromatic N) is 2. The standard InChI is InChI=1S/C14H21N3O/c1-11-4-3-7-14(15,10-11)13(18)17(2)12-5-8-16-9-6-12/h5-6,8-9,11H,3-4,7,10,15H2,1-2H3. The number of likely N-dealkylation sites (N-methyl/N-ethyl adjacent to an activating group) is 1. The minimum atomic E-state index is -0.699. The SMILES string of the molecule is CC1CCCC(N)(C(=O)N(C)c2ccncc2)C1. The minimum Gasteiger partial charge on any atom is -0.317 e. The fraction of sp³-hybridized carbons (Fsp3) is 0.571. The molecule has 4 heteroatoms. The van der Waals surface area contributed by atoms with Gasteiger partial charge in [-0.15, -0.1) is 0 Å². The van der Waals surface area contributed by atoms with E-state index in [0.717, 1.165) is 24.9 Å². The van der Waals surface area contributed by atoms with Crippen LogP contribution in [0.3, 0.4) is 0 Å². The van der Waals surface area contributed by atoms with Gasteiger partial charge in [-0.2, -0.15) is 0 Å². The number of hydrogen-bond acceptors (Lipinski definition) is 3. The van der Waals surface area contributed by atoms with E-state index in [1.54, 1.807) is 24.3 Å². The third kappa shape index (κ3) is 2.53. The molecule has 0 aliphatic heterocycles. The molecule has 2 atom stereocenters. The van der Waals surface area contributed by atoms with E-state index in [0.29, 0.717) is 5.92 Å². The first-order valence-electron chi connectivity index (χ1n) is 6.50. The maximum absolute atomic E-state index is 12.5. The molecule has 1 heterocycles. The number of aromatic nitrogens is 1. The van der Waals surface area contributed by atoms with Gasteiger partial charge < -0.3 is 10.6 Å². The van der Waals surface area contributed by atoms with Crippen molar-refractivity contribution in [2.45, 2.75) is 38.1 Å². The van der Waals surface area contributed by atoms with Gasteiger partial charge in [0.15, 0.2) is 0 Å². The smallest absolute Gasteiger partial charge is 0.246 e. The minimum absolute atomic E-state index is 0.0141. The largest absolute Gasteiger partial charge is 0.317 e. The molecule has 1 amide bonds. The van der Waals surface area contributed by atoms with Gasteiger partial charge in [0, 0.05) is 25.1 Å². The summed E-state index contributed by atoms with van der Waals surface area (Å²) < 4.78 is 0. The van der Waals surface area contributed by atoms with E-state index in [9.17, 15) is 4.79 Å². The normalized spacial score (nSPS) is 27.8. The van der Waals surface area contributed by atoms with Gasteiger partial charge in [-0.25, -0.2) is 0 Å². The Morgan fingerprint density at radius 3 is 2.78 bits per heavy atom.